The van der Waals surface area contributed by atoms with Crippen molar-refractivity contribution in [1.82, 2.24) is 4.57 Å². The summed E-state index contributed by atoms with van der Waals surface area (Å²) in [6.45, 7) is 16.8. The zero-order chi connectivity index (χ0) is 38.6. The van der Waals surface area contributed by atoms with Gasteiger partial charge in [0.15, 0.2) is 5.69 Å². The maximum atomic E-state index is 10.9. The third-order valence-electron chi connectivity index (χ3n) is 12.0. The van der Waals surface area contributed by atoms with Gasteiger partial charge in [0.25, 0.3) is 0 Å². The highest BCUT2D eigenvalue weighted by Gasteiger charge is 2.36. The van der Waals surface area contributed by atoms with Gasteiger partial charge in [-0.3, -0.25) is 4.85 Å². The van der Waals surface area contributed by atoms with E-state index >= 15 is 0 Å². The molecule has 12 rings (SSSR count). The van der Waals surface area contributed by atoms with E-state index in [2.05, 4.69) is 93.1 Å². The van der Waals surface area contributed by atoms with Crippen molar-refractivity contribution >= 4 is 77.1 Å². The van der Waals surface area contributed by atoms with Gasteiger partial charge in [-0.05, 0) is 69.8 Å². The molecule has 3 aromatic heterocycles. The van der Waals surface area contributed by atoms with Crippen LogP contribution in [-0.2, 0) is 0 Å². The highest BCUT2D eigenvalue weighted by atomic mass is 16.3. The molecule has 1 aliphatic rings. The van der Waals surface area contributed by atoms with Gasteiger partial charge in [0.2, 0.25) is 5.69 Å². The second kappa shape index (κ2) is 11.8. The molecule has 0 radical (unpaired) electrons. The predicted octanol–water partition coefficient (Wildman–Crippen LogP) is 14.4. The van der Waals surface area contributed by atoms with Crippen LogP contribution in [0.2, 0.25) is 0 Å². The molecule has 0 aliphatic heterocycles. The first-order chi connectivity index (χ1) is 28.7. The summed E-state index contributed by atoms with van der Waals surface area (Å²) in [6, 6.07) is 53.3. The number of nitriles is 1. The molecule has 266 valence electrons. The van der Waals surface area contributed by atoms with Crippen LogP contribution >= 0.6 is 0 Å². The number of fused-ring (bicyclic) bond motifs is 13. The predicted molar refractivity (Wildman–Crippen MR) is 231 cm³/mol. The Hall–Kier alpha value is -8.37. The molecular weight excluding hydrogens is 713 g/mol. The van der Waals surface area contributed by atoms with Gasteiger partial charge < -0.3 is 13.4 Å². The third kappa shape index (κ3) is 4.17. The van der Waals surface area contributed by atoms with Gasteiger partial charge >= 0.3 is 0 Å². The van der Waals surface area contributed by atoms with E-state index in [1.54, 1.807) is 6.07 Å². The largest absolute Gasteiger partial charge is 0.456 e. The van der Waals surface area contributed by atoms with E-state index in [1.807, 2.05) is 72.8 Å². The van der Waals surface area contributed by atoms with E-state index in [0.717, 1.165) is 105 Å². The highest BCUT2D eigenvalue weighted by molar-refractivity contribution is 6.18. The van der Waals surface area contributed by atoms with Crippen molar-refractivity contribution < 1.29 is 8.83 Å². The average Bonchev–Trinajstić information content (AvgIpc) is 4.02. The van der Waals surface area contributed by atoms with Crippen LogP contribution in [0, 0.1) is 24.5 Å². The van der Waals surface area contributed by atoms with Crippen molar-refractivity contribution in [3.8, 4) is 34.0 Å². The van der Waals surface area contributed by atoms with Crippen molar-refractivity contribution in [1.29, 1.82) is 5.26 Å². The number of furan rings is 2. The Labute approximate surface area is 331 Å². The molecule has 1 aliphatic carbocycles. The number of para-hydroxylation sites is 3. The summed E-state index contributed by atoms with van der Waals surface area (Å²) in [4.78, 5) is 7.99. The van der Waals surface area contributed by atoms with Crippen LogP contribution < -0.4 is 0 Å². The van der Waals surface area contributed by atoms with Crippen molar-refractivity contribution in [2.24, 2.45) is 0 Å². The van der Waals surface area contributed by atoms with Crippen LogP contribution in [-0.4, -0.2) is 4.57 Å². The molecule has 0 fully saturated rings. The minimum atomic E-state index is -0.325. The molecule has 11 aromatic rings. The number of hydrogen-bond donors (Lipinski definition) is 0. The van der Waals surface area contributed by atoms with Crippen LogP contribution in [0.5, 0.6) is 0 Å². The lowest BCUT2D eigenvalue weighted by molar-refractivity contribution is 0.669. The topological polar surface area (TPSA) is 63.7 Å². The first kappa shape index (κ1) is 31.9. The molecular formula is C52H26N4O2. The summed E-state index contributed by atoms with van der Waals surface area (Å²) in [7, 11) is 0. The zero-order valence-corrected chi connectivity index (χ0v) is 30.6. The monoisotopic (exact) mass is 738 g/mol. The first-order valence-corrected chi connectivity index (χ1v) is 19.0. The Morgan fingerprint density at radius 1 is 0.534 bits per heavy atom. The lowest BCUT2D eigenvalue weighted by Gasteiger charge is -2.23. The molecule has 1 atom stereocenters. The van der Waals surface area contributed by atoms with Crippen molar-refractivity contribution in [3.05, 3.63) is 197 Å². The summed E-state index contributed by atoms with van der Waals surface area (Å²) < 4.78 is 15.1. The molecule has 0 bridgehead atoms. The maximum Gasteiger partial charge on any atom is 0.218 e. The van der Waals surface area contributed by atoms with Gasteiger partial charge in [-0.25, -0.2) is 4.85 Å². The Morgan fingerprint density at radius 2 is 1.26 bits per heavy atom. The Bertz CT molecular complexity index is 3750. The third-order valence-corrected chi connectivity index (χ3v) is 12.0. The van der Waals surface area contributed by atoms with E-state index in [0.29, 0.717) is 11.3 Å². The van der Waals surface area contributed by atoms with E-state index in [-0.39, 0.29) is 17.3 Å². The summed E-state index contributed by atoms with van der Waals surface area (Å²) in [5, 5.41) is 17.0. The van der Waals surface area contributed by atoms with Crippen LogP contribution in [0.4, 0.5) is 11.4 Å². The van der Waals surface area contributed by atoms with Gasteiger partial charge in [0.1, 0.15) is 22.3 Å². The van der Waals surface area contributed by atoms with E-state index < -0.39 is 0 Å². The number of benzene rings is 8. The van der Waals surface area contributed by atoms with Crippen LogP contribution in [0.15, 0.2) is 160 Å². The second-order valence-corrected chi connectivity index (χ2v) is 14.8. The fourth-order valence-electron chi connectivity index (χ4n) is 9.63. The average molecular weight is 739 g/mol. The summed E-state index contributed by atoms with van der Waals surface area (Å²) in [6.07, 6.45) is 0. The number of aromatic nitrogens is 1. The summed E-state index contributed by atoms with van der Waals surface area (Å²) in [5.41, 5.74) is 13.3. The smallest absolute Gasteiger partial charge is 0.218 e. The highest BCUT2D eigenvalue weighted by Crippen LogP contribution is 2.55. The molecule has 8 aromatic carbocycles. The summed E-state index contributed by atoms with van der Waals surface area (Å²) >= 11 is 0. The minimum Gasteiger partial charge on any atom is -0.456 e. The van der Waals surface area contributed by atoms with Crippen molar-refractivity contribution in [2.75, 3.05) is 0 Å². The quantitative estimate of drug-likeness (QED) is 0.170. The molecule has 58 heavy (non-hydrogen) atoms. The number of nitrogens with zero attached hydrogens (tertiary/aromatic N) is 4. The molecule has 6 heteroatoms. The van der Waals surface area contributed by atoms with Crippen LogP contribution in [0.1, 0.15) is 28.2 Å². The van der Waals surface area contributed by atoms with Gasteiger partial charge in [-0.2, -0.15) is 5.26 Å². The van der Waals surface area contributed by atoms with Crippen LogP contribution in [0.25, 0.3) is 103 Å². The van der Waals surface area contributed by atoms with E-state index in [4.69, 9.17) is 22.0 Å². The van der Waals surface area contributed by atoms with Gasteiger partial charge in [0, 0.05) is 49.5 Å². The standard InChI is InChI=1S/C52H26N4O2/c1-54-41-25-24-36(51(50(41)55-2)56-42-19-8-5-13-30(42)39-27-46-40(26-43(39)56)32-15-7-9-20-44(32)57-46)35-18-11-12-29(28-53)47(35)48-33-16-3-4-17-34(33)49-38(48)23-22-37-31-14-6-10-21-45(31)58-52(37)49/h3-27,48H. The first-order valence-electron chi connectivity index (χ1n) is 19.0. The van der Waals surface area contributed by atoms with Gasteiger partial charge in [0.05, 0.1) is 35.8 Å². The molecule has 0 saturated carbocycles. The number of hydrogen-bond acceptors (Lipinski definition) is 3. The lowest BCUT2D eigenvalue weighted by atomic mass is 9.81. The van der Waals surface area contributed by atoms with Crippen LogP contribution in [0.3, 0.4) is 0 Å². The zero-order valence-electron chi connectivity index (χ0n) is 30.6. The Morgan fingerprint density at radius 3 is 2.07 bits per heavy atom. The Balaban J connectivity index is 1.20. The summed E-state index contributed by atoms with van der Waals surface area (Å²) in [5.74, 6) is -0.325. The second-order valence-electron chi connectivity index (χ2n) is 14.8. The molecule has 0 N–H and O–H groups in total. The molecule has 0 spiro atoms. The van der Waals surface area contributed by atoms with Crippen molar-refractivity contribution in [3.63, 3.8) is 0 Å². The van der Waals surface area contributed by atoms with E-state index in [9.17, 15) is 5.26 Å². The minimum absolute atomic E-state index is 0.247. The van der Waals surface area contributed by atoms with Crippen molar-refractivity contribution in [2.45, 2.75) is 5.92 Å². The van der Waals surface area contributed by atoms with E-state index in [1.165, 1.54) is 0 Å². The maximum absolute atomic E-state index is 10.9. The number of rotatable bonds is 3. The Kier molecular flexibility index (Phi) is 6.50. The fraction of sp³-hybridized carbons (Fsp3) is 0.0192. The molecule has 3 heterocycles. The molecule has 1 unspecified atom stereocenters. The normalized spacial score (nSPS) is 13.3. The SMILES string of the molecule is [C-]#[N+]c1ccc(-c2cccc(C#N)c2C2c3ccccc3-c3c2ccc2c3oc3ccccc32)c(-n2c3ccccc3c3cc4oc5ccccc5c4cc32)c1[N+]#[C-]. The van der Waals surface area contributed by atoms with Gasteiger partial charge in [-0.1, -0.05) is 115 Å². The fourth-order valence-corrected chi connectivity index (χ4v) is 9.63. The molecule has 0 amide bonds. The lowest BCUT2D eigenvalue weighted by Crippen LogP contribution is -2.06. The molecule has 6 nitrogen and oxygen atoms in total. The van der Waals surface area contributed by atoms with Gasteiger partial charge in [-0.15, -0.1) is 0 Å². The molecule has 0 saturated heterocycles.